The van der Waals surface area contributed by atoms with Crippen LogP contribution in [0, 0.1) is 5.92 Å². The van der Waals surface area contributed by atoms with Gasteiger partial charge in [-0.1, -0.05) is 38.7 Å². The highest BCUT2D eigenvalue weighted by Crippen LogP contribution is 2.21. The fourth-order valence-electron chi connectivity index (χ4n) is 2.45. The van der Waals surface area contributed by atoms with Gasteiger partial charge < -0.3 is 0 Å². The van der Waals surface area contributed by atoms with E-state index >= 15 is 0 Å². The average molecular weight is 248 g/mol. The second-order valence-corrected chi connectivity index (χ2v) is 5.17. The van der Waals surface area contributed by atoms with Crippen LogP contribution in [0.5, 0.6) is 0 Å². The molecule has 0 aromatic carbocycles. The van der Waals surface area contributed by atoms with Crippen molar-refractivity contribution in [1.29, 1.82) is 0 Å². The molecule has 0 heterocycles. The van der Waals surface area contributed by atoms with Gasteiger partial charge in [0.25, 0.3) is 0 Å². The van der Waals surface area contributed by atoms with E-state index in [0.717, 1.165) is 18.9 Å². The van der Waals surface area contributed by atoms with Crippen LogP contribution < -0.4 is 0 Å². The summed E-state index contributed by atoms with van der Waals surface area (Å²) >= 11 is 0. The molecule has 0 amide bonds. The van der Waals surface area contributed by atoms with Crippen molar-refractivity contribution in [2.75, 3.05) is 6.54 Å². The summed E-state index contributed by atoms with van der Waals surface area (Å²) in [5, 5.41) is 0. The molecule has 0 atom stereocenters. The Morgan fingerprint density at radius 1 is 1.00 bits per heavy atom. The van der Waals surface area contributed by atoms with Crippen molar-refractivity contribution >= 4 is 12.4 Å². The van der Waals surface area contributed by atoms with E-state index in [4.69, 9.17) is 0 Å². The summed E-state index contributed by atoms with van der Waals surface area (Å²) in [6, 6.07) is 0. The molecule has 0 aromatic heterocycles. The minimum Gasteiger partial charge on any atom is -0.297 e. The van der Waals surface area contributed by atoms with Gasteiger partial charge in [-0.25, -0.2) is 0 Å². The molecule has 1 saturated carbocycles. The second kappa shape index (κ2) is 11.2. The van der Waals surface area contributed by atoms with Gasteiger partial charge >= 0.3 is 0 Å². The van der Waals surface area contributed by atoms with Gasteiger partial charge in [-0.15, -0.1) is 0 Å². The quantitative estimate of drug-likeness (QED) is 0.335. The van der Waals surface area contributed by atoms with Gasteiger partial charge in [0, 0.05) is 25.2 Å². The minimum absolute atomic E-state index is 0.771. The molecule has 1 aliphatic carbocycles. The molecule has 2 nitrogen and oxygen atoms in total. The van der Waals surface area contributed by atoms with E-state index < -0.39 is 0 Å². The van der Waals surface area contributed by atoms with Gasteiger partial charge in [-0.3, -0.25) is 9.98 Å². The topological polar surface area (TPSA) is 24.7 Å². The summed E-state index contributed by atoms with van der Waals surface area (Å²) in [7, 11) is 0. The Hall–Kier alpha value is -0.920. The standard InChI is InChI=1S/C16H28N2/c1-2-17-13-9-5-6-10-14-18-15-16-11-7-3-4-8-12-16/h2,13,15-16H,1,3-12,14H2/b17-13+,18-15+. The molecule has 1 rings (SSSR count). The summed E-state index contributed by atoms with van der Waals surface area (Å²) in [5.41, 5.74) is 0. The molecular weight excluding hydrogens is 220 g/mol. The fraction of sp³-hybridized carbons (Fsp3) is 0.750. The lowest BCUT2D eigenvalue weighted by Gasteiger charge is -2.06. The number of unbranched alkanes of at least 4 members (excludes halogenated alkanes) is 3. The first-order valence-corrected chi connectivity index (χ1v) is 7.56. The van der Waals surface area contributed by atoms with Gasteiger partial charge in [0.1, 0.15) is 0 Å². The van der Waals surface area contributed by atoms with E-state index in [-0.39, 0.29) is 0 Å². The van der Waals surface area contributed by atoms with Gasteiger partial charge in [0.2, 0.25) is 0 Å². The minimum atomic E-state index is 0.771. The van der Waals surface area contributed by atoms with Crippen molar-refractivity contribution < 1.29 is 0 Å². The lowest BCUT2D eigenvalue weighted by Crippen LogP contribution is -2.00. The Morgan fingerprint density at radius 3 is 2.50 bits per heavy atom. The molecule has 0 bridgehead atoms. The lowest BCUT2D eigenvalue weighted by molar-refractivity contribution is 0.598. The highest BCUT2D eigenvalue weighted by atomic mass is 14.7. The summed E-state index contributed by atoms with van der Waals surface area (Å²) in [6.45, 7) is 4.56. The maximum Gasteiger partial charge on any atom is 0.0385 e. The molecule has 0 N–H and O–H groups in total. The number of rotatable bonds is 8. The fourth-order valence-corrected chi connectivity index (χ4v) is 2.45. The van der Waals surface area contributed by atoms with Crippen LogP contribution in [0.3, 0.4) is 0 Å². The van der Waals surface area contributed by atoms with E-state index in [2.05, 4.69) is 22.8 Å². The molecule has 0 aliphatic heterocycles. The predicted octanol–water partition coefficient (Wildman–Crippen LogP) is 4.80. The average Bonchev–Trinajstić information content (AvgIpc) is 2.65. The third-order valence-corrected chi connectivity index (χ3v) is 3.55. The van der Waals surface area contributed by atoms with E-state index in [1.165, 1.54) is 57.8 Å². The van der Waals surface area contributed by atoms with Crippen LogP contribution in [0.15, 0.2) is 22.8 Å². The van der Waals surface area contributed by atoms with Gasteiger partial charge in [-0.2, -0.15) is 0 Å². The van der Waals surface area contributed by atoms with Crippen molar-refractivity contribution in [1.82, 2.24) is 0 Å². The first kappa shape index (κ1) is 15.1. The molecule has 0 aromatic rings. The molecule has 0 radical (unpaired) electrons. The third kappa shape index (κ3) is 8.21. The maximum atomic E-state index is 4.60. The van der Waals surface area contributed by atoms with E-state index in [0.29, 0.717) is 0 Å². The summed E-state index contributed by atoms with van der Waals surface area (Å²) in [5.74, 6) is 0.771. The van der Waals surface area contributed by atoms with Crippen LogP contribution in [0.2, 0.25) is 0 Å². The maximum absolute atomic E-state index is 4.60. The zero-order valence-electron chi connectivity index (χ0n) is 11.7. The highest BCUT2D eigenvalue weighted by Gasteiger charge is 2.08. The molecular formula is C16H28N2. The number of hydrogen-bond acceptors (Lipinski definition) is 2. The van der Waals surface area contributed by atoms with Crippen molar-refractivity contribution in [2.45, 2.75) is 64.2 Å². The largest absolute Gasteiger partial charge is 0.297 e. The van der Waals surface area contributed by atoms with Crippen LogP contribution in [-0.4, -0.2) is 19.0 Å². The number of aliphatic imine (C=N–C) groups is 2. The van der Waals surface area contributed by atoms with Crippen LogP contribution in [0.1, 0.15) is 64.2 Å². The highest BCUT2D eigenvalue weighted by molar-refractivity contribution is 5.60. The Balaban J connectivity index is 1.95. The first-order chi connectivity index (χ1) is 8.93. The number of nitrogens with zero attached hydrogens (tertiary/aromatic N) is 2. The normalized spacial score (nSPS) is 18.4. The van der Waals surface area contributed by atoms with E-state index in [1.54, 1.807) is 6.20 Å². The molecule has 0 saturated heterocycles. The SMILES string of the molecule is C=C/N=C/CCCCC/N=C/C1CCCCCC1. The monoisotopic (exact) mass is 248 g/mol. The smallest absolute Gasteiger partial charge is 0.0385 e. The Kier molecular flexibility index (Phi) is 9.41. The molecule has 102 valence electrons. The molecule has 18 heavy (non-hydrogen) atoms. The second-order valence-electron chi connectivity index (χ2n) is 5.17. The summed E-state index contributed by atoms with van der Waals surface area (Å²) in [6.07, 6.45) is 18.9. The van der Waals surface area contributed by atoms with Gasteiger partial charge in [0.05, 0.1) is 0 Å². The van der Waals surface area contributed by atoms with Gasteiger partial charge in [0.15, 0.2) is 0 Å². The lowest BCUT2D eigenvalue weighted by atomic mass is 10.0. The summed E-state index contributed by atoms with van der Waals surface area (Å²) < 4.78 is 0. The van der Waals surface area contributed by atoms with Crippen molar-refractivity contribution in [3.8, 4) is 0 Å². The predicted molar refractivity (Wildman–Crippen MR) is 81.7 cm³/mol. The Labute approximate surface area is 112 Å². The van der Waals surface area contributed by atoms with E-state index in [9.17, 15) is 0 Å². The van der Waals surface area contributed by atoms with Crippen LogP contribution >= 0.6 is 0 Å². The molecule has 0 spiro atoms. The van der Waals surface area contributed by atoms with E-state index in [1.807, 2.05) is 6.21 Å². The third-order valence-electron chi connectivity index (χ3n) is 3.55. The van der Waals surface area contributed by atoms with Crippen molar-refractivity contribution in [3.63, 3.8) is 0 Å². The van der Waals surface area contributed by atoms with Crippen LogP contribution in [0.25, 0.3) is 0 Å². The Bertz CT molecular complexity index is 248. The van der Waals surface area contributed by atoms with Crippen molar-refractivity contribution in [2.24, 2.45) is 15.9 Å². The molecule has 1 fully saturated rings. The zero-order chi connectivity index (χ0) is 12.9. The zero-order valence-corrected chi connectivity index (χ0v) is 11.7. The van der Waals surface area contributed by atoms with Gasteiger partial charge in [-0.05, 0) is 38.0 Å². The first-order valence-electron chi connectivity index (χ1n) is 7.56. The Morgan fingerprint density at radius 2 is 1.78 bits per heavy atom. The van der Waals surface area contributed by atoms with Crippen LogP contribution in [-0.2, 0) is 0 Å². The molecule has 1 aliphatic rings. The van der Waals surface area contributed by atoms with Crippen molar-refractivity contribution in [3.05, 3.63) is 12.8 Å². The van der Waals surface area contributed by atoms with Crippen LogP contribution in [0.4, 0.5) is 0 Å². The number of hydrogen-bond donors (Lipinski definition) is 0. The summed E-state index contributed by atoms with van der Waals surface area (Å²) in [4.78, 5) is 8.58. The molecule has 0 unspecified atom stereocenters. The molecule has 2 heteroatoms.